The average Bonchev–Trinajstić information content (AvgIpc) is 2.55. The van der Waals surface area contributed by atoms with Crippen LogP contribution < -0.4 is 0 Å². The molecular formula is C13H16O. The van der Waals surface area contributed by atoms with E-state index in [2.05, 4.69) is 32.0 Å². The molecular weight excluding hydrogens is 172 g/mol. The summed E-state index contributed by atoms with van der Waals surface area (Å²) in [6.07, 6.45) is 2.81. The van der Waals surface area contributed by atoms with Gasteiger partial charge in [-0.3, -0.25) is 4.79 Å². The fourth-order valence-electron chi connectivity index (χ4n) is 2.23. The molecule has 1 nitrogen and oxygen atoms in total. The Kier molecular flexibility index (Phi) is 2.40. The van der Waals surface area contributed by atoms with Crippen LogP contribution in [0.5, 0.6) is 0 Å². The van der Waals surface area contributed by atoms with E-state index < -0.39 is 0 Å². The minimum absolute atomic E-state index is 0.335. The standard InChI is InChI=1S/C13H16O/c1-3-9-5-6-11-10(4-2)8-13(14)12(11)7-9/h5-7,10H,3-4,8H2,1-2H3. The van der Waals surface area contributed by atoms with E-state index in [9.17, 15) is 4.79 Å². The van der Waals surface area contributed by atoms with Gasteiger partial charge >= 0.3 is 0 Å². The summed E-state index contributed by atoms with van der Waals surface area (Å²) < 4.78 is 0. The molecule has 0 aliphatic heterocycles. The van der Waals surface area contributed by atoms with E-state index in [0.29, 0.717) is 11.7 Å². The number of hydrogen-bond acceptors (Lipinski definition) is 1. The van der Waals surface area contributed by atoms with Gasteiger partial charge in [0.1, 0.15) is 0 Å². The molecule has 1 aromatic rings. The zero-order valence-corrected chi connectivity index (χ0v) is 8.84. The molecule has 2 rings (SSSR count). The van der Waals surface area contributed by atoms with Crippen molar-refractivity contribution in [2.24, 2.45) is 0 Å². The summed E-state index contributed by atoms with van der Waals surface area (Å²) in [5.41, 5.74) is 3.53. The molecule has 1 atom stereocenters. The molecule has 0 fully saturated rings. The zero-order chi connectivity index (χ0) is 10.1. The summed E-state index contributed by atoms with van der Waals surface area (Å²) in [4.78, 5) is 11.7. The Morgan fingerprint density at radius 3 is 2.79 bits per heavy atom. The first-order chi connectivity index (χ1) is 6.76. The molecule has 0 bridgehead atoms. The fourth-order valence-corrected chi connectivity index (χ4v) is 2.23. The summed E-state index contributed by atoms with van der Waals surface area (Å²) in [6.45, 7) is 4.28. The monoisotopic (exact) mass is 188 g/mol. The van der Waals surface area contributed by atoms with Gasteiger partial charge in [0.15, 0.2) is 5.78 Å². The second kappa shape index (κ2) is 3.56. The second-order valence-corrected chi connectivity index (χ2v) is 4.01. The summed E-state index contributed by atoms with van der Waals surface area (Å²) >= 11 is 0. The molecule has 0 aromatic heterocycles. The van der Waals surface area contributed by atoms with Gasteiger partial charge in [0, 0.05) is 12.0 Å². The maximum absolute atomic E-state index is 11.7. The molecule has 1 aliphatic rings. The van der Waals surface area contributed by atoms with Crippen molar-refractivity contribution >= 4 is 5.78 Å². The third kappa shape index (κ3) is 1.37. The topological polar surface area (TPSA) is 17.1 Å². The van der Waals surface area contributed by atoms with Crippen molar-refractivity contribution < 1.29 is 4.79 Å². The highest BCUT2D eigenvalue weighted by molar-refractivity contribution is 6.01. The van der Waals surface area contributed by atoms with Crippen LogP contribution >= 0.6 is 0 Å². The SMILES string of the molecule is CCc1ccc2c(c1)C(=O)CC2CC. The Labute approximate surface area is 85.1 Å². The zero-order valence-electron chi connectivity index (χ0n) is 8.84. The van der Waals surface area contributed by atoms with Gasteiger partial charge in [-0.2, -0.15) is 0 Å². The molecule has 1 aromatic carbocycles. The average molecular weight is 188 g/mol. The smallest absolute Gasteiger partial charge is 0.163 e. The molecule has 14 heavy (non-hydrogen) atoms. The Morgan fingerprint density at radius 2 is 2.14 bits per heavy atom. The molecule has 1 aliphatic carbocycles. The van der Waals surface area contributed by atoms with Gasteiger partial charge < -0.3 is 0 Å². The first kappa shape index (κ1) is 9.45. The number of carbonyl (C=O) groups excluding carboxylic acids is 1. The number of benzene rings is 1. The van der Waals surface area contributed by atoms with Crippen molar-refractivity contribution in [2.45, 2.75) is 39.0 Å². The van der Waals surface area contributed by atoms with E-state index in [1.165, 1.54) is 11.1 Å². The summed E-state index contributed by atoms with van der Waals surface area (Å²) in [5, 5.41) is 0. The van der Waals surface area contributed by atoms with Gasteiger partial charge in [0.05, 0.1) is 0 Å². The lowest BCUT2D eigenvalue weighted by molar-refractivity contribution is 0.0988. The van der Waals surface area contributed by atoms with Crippen LogP contribution in [0.2, 0.25) is 0 Å². The van der Waals surface area contributed by atoms with E-state index in [1.807, 2.05) is 0 Å². The summed E-state index contributed by atoms with van der Waals surface area (Å²) in [5.74, 6) is 0.811. The van der Waals surface area contributed by atoms with E-state index in [-0.39, 0.29) is 0 Å². The number of Topliss-reactive ketones (excluding diaryl/α,β-unsaturated/α-hetero) is 1. The van der Waals surface area contributed by atoms with E-state index >= 15 is 0 Å². The van der Waals surface area contributed by atoms with Gasteiger partial charge in [0.2, 0.25) is 0 Å². The van der Waals surface area contributed by atoms with Gasteiger partial charge in [-0.05, 0) is 36.0 Å². The highest BCUT2D eigenvalue weighted by Gasteiger charge is 2.27. The number of rotatable bonds is 2. The Hall–Kier alpha value is -1.11. The maximum atomic E-state index is 11.7. The van der Waals surface area contributed by atoms with Crippen molar-refractivity contribution in [3.63, 3.8) is 0 Å². The normalized spacial score (nSPS) is 19.9. The van der Waals surface area contributed by atoms with Gasteiger partial charge in [-0.25, -0.2) is 0 Å². The first-order valence-corrected chi connectivity index (χ1v) is 5.42. The first-order valence-electron chi connectivity index (χ1n) is 5.42. The van der Waals surface area contributed by atoms with E-state index in [1.54, 1.807) is 0 Å². The predicted molar refractivity (Wildman–Crippen MR) is 57.8 cm³/mol. The van der Waals surface area contributed by atoms with Crippen molar-refractivity contribution in [3.8, 4) is 0 Å². The predicted octanol–water partition coefficient (Wildman–Crippen LogP) is 3.33. The summed E-state index contributed by atoms with van der Waals surface area (Å²) in [7, 11) is 0. The van der Waals surface area contributed by atoms with Crippen LogP contribution in [0.1, 0.15) is 54.1 Å². The van der Waals surface area contributed by atoms with Crippen molar-refractivity contribution in [2.75, 3.05) is 0 Å². The quantitative estimate of drug-likeness (QED) is 0.695. The Balaban J connectivity index is 2.46. The third-order valence-electron chi connectivity index (χ3n) is 3.19. The molecule has 0 heterocycles. The van der Waals surface area contributed by atoms with Crippen LogP contribution in [0.3, 0.4) is 0 Å². The van der Waals surface area contributed by atoms with E-state index in [0.717, 1.165) is 24.8 Å². The van der Waals surface area contributed by atoms with Gasteiger partial charge in [-0.15, -0.1) is 0 Å². The lowest BCUT2D eigenvalue weighted by Crippen LogP contribution is -1.92. The number of carbonyl (C=O) groups is 1. The Bertz CT molecular complexity index is 365. The lowest BCUT2D eigenvalue weighted by atomic mass is 9.97. The number of ketones is 1. The van der Waals surface area contributed by atoms with Crippen molar-refractivity contribution in [1.29, 1.82) is 0 Å². The largest absolute Gasteiger partial charge is 0.294 e. The Morgan fingerprint density at radius 1 is 1.36 bits per heavy atom. The molecule has 0 radical (unpaired) electrons. The highest BCUT2D eigenvalue weighted by Crippen LogP contribution is 2.35. The fraction of sp³-hybridized carbons (Fsp3) is 0.462. The molecule has 0 saturated carbocycles. The number of fused-ring (bicyclic) bond motifs is 1. The lowest BCUT2D eigenvalue weighted by Gasteiger charge is -2.07. The van der Waals surface area contributed by atoms with Crippen LogP contribution in [0.25, 0.3) is 0 Å². The third-order valence-corrected chi connectivity index (χ3v) is 3.19. The minimum atomic E-state index is 0.335. The minimum Gasteiger partial charge on any atom is -0.294 e. The van der Waals surface area contributed by atoms with Crippen LogP contribution in [0.4, 0.5) is 0 Å². The second-order valence-electron chi connectivity index (χ2n) is 4.01. The van der Waals surface area contributed by atoms with Gasteiger partial charge in [0.25, 0.3) is 0 Å². The van der Waals surface area contributed by atoms with Crippen LogP contribution in [-0.2, 0) is 6.42 Å². The molecule has 0 amide bonds. The maximum Gasteiger partial charge on any atom is 0.163 e. The van der Waals surface area contributed by atoms with Crippen LogP contribution in [0.15, 0.2) is 18.2 Å². The molecule has 74 valence electrons. The van der Waals surface area contributed by atoms with Crippen LogP contribution in [0, 0.1) is 0 Å². The van der Waals surface area contributed by atoms with Crippen LogP contribution in [-0.4, -0.2) is 5.78 Å². The molecule has 0 N–H and O–H groups in total. The highest BCUT2D eigenvalue weighted by atomic mass is 16.1. The molecule has 0 spiro atoms. The molecule has 0 saturated heterocycles. The molecule has 1 unspecified atom stereocenters. The number of aryl methyl sites for hydroxylation is 1. The number of hydrogen-bond donors (Lipinski definition) is 0. The van der Waals surface area contributed by atoms with Crippen molar-refractivity contribution in [1.82, 2.24) is 0 Å². The molecule has 1 heteroatoms. The van der Waals surface area contributed by atoms with Crippen molar-refractivity contribution in [3.05, 3.63) is 34.9 Å². The van der Waals surface area contributed by atoms with E-state index in [4.69, 9.17) is 0 Å². The summed E-state index contributed by atoms with van der Waals surface area (Å²) in [6, 6.07) is 6.38. The van der Waals surface area contributed by atoms with Gasteiger partial charge in [-0.1, -0.05) is 26.0 Å².